The van der Waals surface area contributed by atoms with Gasteiger partial charge in [0.1, 0.15) is 5.69 Å². The number of morpholine rings is 1. The van der Waals surface area contributed by atoms with E-state index in [4.69, 9.17) is 4.74 Å². The van der Waals surface area contributed by atoms with Gasteiger partial charge in [0.15, 0.2) is 0 Å². The molecule has 3 aromatic rings. The largest absolute Gasteiger partial charge is 0.379 e. The third-order valence-corrected chi connectivity index (χ3v) is 5.87. The molecule has 9 nitrogen and oxygen atoms in total. The molecule has 0 bridgehead atoms. The fraction of sp³-hybridized carbons (Fsp3) is 0.333. The summed E-state index contributed by atoms with van der Waals surface area (Å²) in [7, 11) is 0. The van der Waals surface area contributed by atoms with Gasteiger partial charge in [0, 0.05) is 43.9 Å². The zero-order valence-electron chi connectivity index (χ0n) is 18.8. The third-order valence-electron chi connectivity index (χ3n) is 5.87. The molecule has 172 valence electrons. The molecule has 2 heterocycles. The van der Waals surface area contributed by atoms with Crippen molar-refractivity contribution in [2.75, 3.05) is 39.4 Å². The molecule has 0 saturated carbocycles. The molecule has 0 aliphatic carbocycles. The highest BCUT2D eigenvalue weighted by atomic mass is 16.6. The average molecular weight is 450 g/mol. The predicted octanol–water partition coefficient (Wildman–Crippen LogP) is 3.13. The number of ether oxygens (including phenoxy) is 1. The first-order valence-electron chi connectivity index (χ1n) is 10.9. The Labute approximate surface area is 192 Å². The van der Waals surface area contributed by atoms with Crippen LogP contribution in [0.4, 0.5) is 5.69 Å². The second-order valence-electron chi connectivity index (χ2n) is 8.11. The number of aryl methyl sites for hydroxylation is 2. The van der Waals surface area contributed by atoms with Crippen molar-refractivity contribution < 1.29 is 14.5 Å². The van der Waals surface area contributed by atoms with Crippen molar-refractivity contribution in [2.45, 2.75) is 13.8 Å². The molecule has 1 fully saturated rings. The molecular weight excluding hydrogens is 422 g/mol. The number of nitrogens with one attached hydrogen (secondary N) is 1. The van der Waals surface area contributed by atoms with Gasteiger partial charge >= 0.3 is 0 Å². The second-order valence-corrected chi connectivity index (χ2v) is 8.11. The van der Waals surface area contributed by atoms with E-state index in [0.717, 1.165) is 30.8 Å². The van der Waals surface area contributed by atoms with E-state index in [-0.39, 0.29) is 11.6 Å². The Morgan fingerprint density at radius 3 is 2.48 bits per heavy atom. The summed E-state index contributed by atoms with van der Waals surface area (Å²) in [5.74, 6) is -0.246. The van der Waals surface area contributed by atoms with Crippen molar-refractivity contribution in [3.63, 3.8) is 0 Å². The van der Waals surface area contributed by atoms with E-state index in [0.29, 0.717) is 36.8 Å². The summed E-state index contributed by atoms with van der Waals surface area (Å²) in [5.41, 5.74) is 4.81. The number of non-ortho nitro benzene ring substituents is 1. The van der Waals surface area contributed by atoms with Gasteiger partial charge in [0.2, 0.25) is 0 Å². The van der Waals surface area contributed by atoms with Gasteiger partial charge < -0.3 is 10.1 Å². The number of nitro groups is 1. The Balaban J connectivity index is 1.61. The summed E-state index contributed by atoms with van der Waals surface area (Å²) in [5, 5.41) is 18.7. The molecule has 1 N–H and O–H groups in total. The predicted molar refractivity (Wildman–Crippen MR) is 125 cm³/mol. The summed E-state index contributed by atoms with van der Waals surface area (Å²) >= 11 is 0. The maximum atomic E-state index is 13.1. The van der Waals surface area contributed by atoms with E-state index in [1.165, 1.54) is 22.4 Å². The summed E-state index contributed by atoms with van der Waals surface area (Å²) in [6.45, 7) is 8.45. The standard InChI is InChI=1S/C24H27N5O4/c1-17-3-4-19(15-18(17)2)22-16-23(24(30)25-9-10-27-11-13-33-14-12-27)28(26-22)20-5-7-21(8-6-20)29(31)32/h3-8,15-16H,9-14H2,1-2H3,(H,25,30). The van der Waals surface area contributed by atoms with E-state index < -0.39 is 4.92 Å². The number of carbonyl (C=O) groups is 1. The molecule has 0 spiro atoms. The van der Waals surface area contributed by atoms with E-state index in [1.54, 1.807) is 18.2 Å². The number of hydrogen-bond donors (Lipinski definition) is 1. The van der Waals surface area contributed by atoms with Gasteiger partial charge in [-0.1, -0.05) is 12.1 Å². The van der Waals surface area contributed by atoms with Crippen LogP contribution in [0.3, 0.4) is 0 Å². The highest BCUT2D eigenvalue weighted by molar-refractivity contribution is 5.94. The van der Waals surface area contributed by atoms with Crippen LogP contribution in [0.15, 0.2) is 48.5 Å². The van der Waals surface area contributed by atoms with Gasteiger partial charge in [-0.2, -0.15) is 5.10 Å². The minimum absolute atomic E-state index is 0.0169. The molecule has 4 rings (SSSR count). The van der Waals surface area contributed by atoms with Gasteiger partial charge in [-0.15, -0.1) is 0 Å². The third kappa shape index (κ3) is 5.27. The van der Waals surface area contributed by atoms with Crippen LogP contribution < -0.4 is 5.32 Å². The van der Waals surface area contributed by atoms with E-state index in [9.17, 15) is 14.9 Å². The minimum Gasteiger partial charge on any atom is -0.379 e. The molecule has 1 aliphatic heterocycles. The number of hydrogen-bond acceptors (Lipinski definition) is 6. The van der Waals surface area contributed by atoms with Crippen molar-refractivity contribution in [3.05, 3.63) is 75.5 Å². The molecule has 1 amide bonds. The highest BCUT2D eigenvalue weighted by Crippen LogP contribution is 2.25. The lowest BCUT2D eigenvalue weighted by molar-refractivity contribution is -0.384. The first-order chi connectivity index (χ1) is 15.9. The van der Waals surface area contributed by atoms with Crippen LogP contribution in [0.25, 0.3) is 16.9 Å². The van der Waals surface area contributed by atoms with Crippen molar-refractivity contribution in [2.24, 2.45) is 0 Å². The Kier molecular flexibility index (Phi) is 6.81. The van der Waals surface area contributed by atoms with Crippen molar-refractivity contribution in [3.8, 4) is 16.9 Å². The quantitative estimate of drug-likeness (QED) is 0.439. The van der Waals surface area contributed by atoms with Crippen LogP contribution >= 0.6 is 0 Å². The van der Waals surface area contributed by atoms with Crippen molar-refractivity contribution >= 4 is 11.6 Å². The van der Waals surface area contributed by atoms with Gasteiger partial charge in [0.05, 0.1) is 29.5 Å². The Morgan fingerprint density at radius 2 is 1.82 bits per heavy atom. The number of benzene rings is 2. The van der Waals surface area contributed by atoms with Crippen LogP contribution in [-0.4, -0.2) is 64.9 Å². The van der Waals surface area contributed by atoms with Crippen molar-refractivity contribution in [1.29, 1.82) is 0 Å². The van der Waals surface area contributed by atoms with Crippen LogP contribution in [0.1, 0.15) is 21.6 Å². The Morgan fingerprint density at radius 1 is 1.09 bits per heavy atom. The van der Waals surface area contributed by atoms with E-state index in [2.05, 4.69) is 15.3 Å². The number of carbonyl (C=O) groups excluding carboxylic acids is 1. The number of amides is 1. The molecule has 0 atom stereocenters. The smallest absolute Gasteiger partial charge is 0.270 e. The lowest BCUT2D eigenvalue weighted by Crippen LogP contribution is -2.41. The zero-order chi connectivity index (χ0) is 23.4. The Hall–Kier alpha value is -3.56. The summed E-state index contributed by atoms with van der Waals surface area (Å²) in [6, 6.07) is 13.8. The van der Waals surface area contributed by atoms with Gasteiger partial charge in [-0.05, 0) is 49.2 Å². The van der Waals surface area contributed by atoms with E-state index in [1.807, 2.05) is 32.0 Å². The van der Waals surface area contributed by atoms with Gasteiger partial charge in [0.25, 0.3) is 11.6 Å². The highest BCUT2D eigenvalue weighted by Gasteiger charge is 2.19. The Bertz CT molecular complexity index is 1150. The SMILES string of the molecule is Cc1ccc(-c2cc(C(=O)NCCN3CCOCC3)n(-c3ccc([N+](=O)[O-])cc3)n2)cc1C. The lowest BCUT2D eigenvalue weighted by atomic mass is 10.0. The number of nitro benzene ring substituents is 1. The number of aromatic nitrogens is 2. The molecule has 33 heavy (non-hydrogen) atoms. The minimum atomic E-state index is -0.452. The zero-order valence-corrected chi connectivity index (χ0v) is 18.8. The summed E-state index contributed by atoms with van der Waals surface area (Å²) in [4.78, 5) is 25.9. The maximum Gasteiger partial charge on any atom is 0.270 e. The molecule has 0 radical (unpaired) electrons. The first kappa shape index (κ1) is 22.6. The number of rotatable bonds is 7. The summed E-state index contributed by atoms with van der Waals surface area (Å²) < 4.78 is 6.90. The topological polar surface area (TPSA) is 103 Å². The van der Waals surface area contributed by atoms with Crippen LogP contribution in [0.2, 0.25) is 0 Å². The average Bonchev–Trinajstić information content (AvgIpc) is 3.27. The summed E-state index contributed by atoms with van der Waals surface area (Å²) in [6.07, 6.45) is 0. The van der Waals surface area contributed by atoms with Gasteiger partial charge in [-0.3, -0.25) is 19.8 Å². The molecule has 9 heteroatoms. The molecule has 1 aliphatic rings. The monoisotopic (exact) mass is 449 g/mol. The van der Waals surface area contributed by atoms with Gasteiger partial charge in [-0.25, -0.2) is 4.68 Å². The molecule has 1 aromatic heterocycles. The maximum absolute atomic E-state index is 13.1. The second kappa shape index (κ2) is 9.93. The molecule has 0 unspecified atom stereocenters. The fourth-order valence-corrected chi connectivity index (χ4v) is 3.74. The van der Waals surface area contributed by atoms with E-state index >= 15 is 0 Å². The van der Waals surface area contributed by atoms with Crippen LogP contribution in [-0.2, 0) is 4.74 Å². The first-order valence-corrected chi connectivity index (χ1v) is 10.9. The van der Waals surface area contributed by atoms with Crippen molar-refractivity contribution in [1.82, 2.24) is 20.0 Å². The van der Waals surface area contributed by atoms with Crippen LogP contribution in [0.5, 0.6) is 0 Å². The molecular formula is C24H27N5O4. The normalized spacial score (nSPS) is 14.2. The van der Waals surface area contributed by atoms with Crippen LogP contribution in [0, 0.1) is 24.0 Å². The molecule has 2 aromatic carbocycles. The lowest BCUT2D eigenvalue weighted by Gasteiger charge is -2.26. The fourth-order valence-electron chi connectivity index (χ4n) is 3.74. The number of nitrogens with zero attached hydrogens (tertiary/aromatic N) is 4. The molecule has 1 saturated heterocycles.